The number of hydrogen-bond acceptors (Lipinski definition) is 3. The Balaban J connectivity index is 1.93. The Kier molecular flexibility index (Phi) is 3.05. The van der Waals surface area contributed by atoms with Crippen LogP contribution in [0.2, 0.25) is 0 Å². The predicted molar refractivity (Wildman–Crippen MR) is 77.5 cm³/mol. The molecule has 94 valence electrons. The topological polar surface area (TPSA) is 26.3 Å². The molecule has 0 saturated carbocycles. The number of cyclic esters (lactones) is 1. The van der Waals surface area contributed by atoms with Crippen LogP contribution in [0.25, 0.3) is 11.8 Å². The lowest BCUT2D eigenvalue weighted by Gasteiger charge is -2.01. The predicted octanol–water partition coefficient (Wildman–Crippen LogP) is 4.04. The van der Waals surface area contributed by atoms with Crippen LogP contribution in [0.1, 0.15) is 16.7 Å². The molecule has 2 heterocycles. The molecule has 1 aliphatic rings. The largest absolute Gasteiger partial charge is 0.422 e. The molecule has 0 amide bonds. The van der Waals surface area contributed by atoms with Gasteiger partial charge in [-0.05, 0) is 41.5 Å². The molecule has 1 aromatic carbocycles. The summed E-state index contributed by atoms with van der Waals surface area (Å²) in [6, 6.07) is 9.90. The van der Waals surface area contributed by atoms with Crippen LogP contribution in [0.3, 0.4) is 0 Å². The lowest BCUT2D eigenvalue weighted by atomic mass is 10.1. The van der Waals surface area contributed by atoms with E-state index in [1.165, 1.54) is 5.56 Å². The minimum Gasteiger partial charge on any atom is -0.422 e. The van der Waals surface area contributed by atoms with Crippen molar-refractivity contribution >= 4 is 29.1 Å². The molecule has 0 spiro atoms. The van der Waals surface area contributed by atoms with Crippen molar-refractivity contribution in [1.29, 1.82) is 0 Å². The molecular formula is C16H12O2S. The number of carbonyl (C=O) groups excluding carboxylic acids is 1. The highest BCUT2D eigenvalue weighted by atomic mass is 32.1. The van der Waals surface area contributed by atoms with Gasteiger partial charge >= 0.3 is 5.97 Å². The summed E-state index contributed by atoms with van der Waals surface area (Å²) in [7, 11) is 0. The molecule has 2 nitrogen and oxygen atoms in total. The fourth-order valence-corrected chi connectivity index (χ4v) is 2.50. The fourth-order valence-electron chi connectivity index (χ4n) is 1.89. The number of rotatable bonds is 2. The summed E-state index contributed by atoms with van der Waals surface area (Å²) in [5, 5.41) is 3.98. The summed E-state index contributed by atoms with van der Waals surface area (Å²) < 4.78 is 5.31. The molecule has 0 bridgehead atoms. The average molecular weight is 268 g/mol. The molecule has 1 aliphatic heterocycles. The minimum atomic E-state index is -0.290. The van der Waals surface area contributed by atoms with E-state index in [1.807, 2.05) is 54.1 Å². The zero-order valence-corrected chi connectivity index (χ0v) is 11.2. The number of aryl methyl sites for hydroxylation is 1. The quantitative estimate of drug-likeness (QED) is 0.607. The molecule has 0 aliphatic carbocycles. The molecule has 3 rings (SSSR count). The molecule has 19 heavy (non-hydrogen) atoms. The van der Waals surface area contributed by atoms with Crippen LogP contribution in [0.5, 0.6) is 0 Å². The first-order valence-electron chi connectivity index (χ1n) is 5.97. The van der Waals surface area contributed by atoms with Gasteiger partial charge in [-0.25, -0.2) is 4.79 Å². The van der Waals surface area contributed by atoms with Crippen molar-refractivity contribution in [1.82, 2.24) is 0 Å². The van der Waals surface area contributed by atoms with Crippen LogP contribution in [0, 0.1) is 6.92 Å². The molecule has 0 saturated heterocycles. The van der Waals surface area contributed by atoms with Crippen LogP contribution < -0.4 is 0 Å². The summed E-state index contributed by atoms with van der Waals surface area (Å²) in [4.78, 5) is 11.8. The Labute approximate surface area is 115 Å². The number of hydrogen-bond donors (Lipinski definition) is 0. The lowest BCUT2D eigenvalue weighted by Crippen LogP contribution is -1.96. The van der Waals surface area contributed by atoms with E-state index in [1.54, 1.807) is 17.4 Å². The maximum Gasteiger partial charge on any atom is 0.343 e. The van der Waals surface area contributed by atoms with Crippen LogP contribution >= 0.6 is 11.3 Å². The van der Waals surface area contributed by atoms with Crippen molar-refractivity contribution in [2.75, 3.05) is 0 Å². The van der Waals surface area contributed by atoms with Gasteiger partial charge < -0.3 is 4.74 Å². The molecule has 2 aromatic rings. The van der Waals surface area contributed by atoms with Crippen molar-refractivity contribution in [2.45, 2.75) is 6.92 Å². The van der Waals surface area contributed by atoms with Crippen LogP contribution in [0.4, 0.5) is 0 Å². The number of benzene rings is 1. The Morgan fingerprint density at radius 3 is 2.63 bits per heavy atom. The van der Waals surface area contributed by atoms with E-state index in [9.17, 15) is 4.79 Å². The van der Waals surface area contributed by atoms with Crippen molar-refractivity contribution in [3.8, 4) is 0 Å². The first-order chi connectivity index (χ1) is 9.22. The number of carbonyl (C=O) groups is 1. The summed E-state index contributed by atoms with van der Waals surface area (Å²) in [6.45, 7) is 2.03. The van der Waals surface area contributed by atoms with E-state index in [-0.39, 0.29) is 5.97 Å². The second-order valence-corrected chi connectivity index (χ2v) is 5.20. The fraction of sp³-hybridized carbons (Fsp3) is 0.0625. The first kappa shape index (κ1) is 11.9. The Hall–Kier alpha value is -2.13. The molecule has 0 fully saturated rings. The molecule has 0 atom stereocenters. The second kappa shape index (κ2) is 4.86. The molecular weight excluding hydrogens is 256 g/mol. The van der Waals surface area contributed by atoms with Gasteiger partial charge in [0.05, 0.1) is 5.57 Å². The van der Waals surface area contributed by atoms with E-state index < -0.39 is 0 Å². The molecule has 0 radical (unpaired) electrons. The van der Waals surface area contributed by atoms with Crippen molar-refractivity contribution in [3.63, 3.8) is 0 Å². The zero-order chi connectivity index (χ0) is 13.2. The van der Waals surface area contributed by atoms with Gasteiger partial charge in [0.1, 0.15) is 5.76 Å². The second-order valence-electron chi connectivity index (χ2n) is 4.42. The van der Waals surface area contributed by atoms with Crippen LogP contribution in [-0.4, -0.2) is 5.97 Å². The Morgan fingerprint density at radius 2 is 1.95 bits per heavy atom. The highest BCUT2D eigenvalue weighted by molar-refractivity contribution is 7.08. The Bertz CT molecular complexity index is 661. The molecule has 3 heteroatoms. The molecule has 0 N–H and O–H groups in total. The lowest BCUT2D eigenvalue weighted by molar-refractivity contribution is -0.130. The van der Waals surface area contributed by atoms with Gasteiger partial charge in [-0.3, -0.25) is 0 Å². The standard InChI is InChI=1S/C16H12O2S/c1-11-2-4-13(5-3-11)15-9-14(16(17)18-15)8-12-6-7-19-10-12/h2-10H,1H3/b14-8+. The summed E-state index contributed by atoms with van der Waals surface area (Å²) in [5.74, 6) is 0.327. The van der Waals surface area contributed by atoms with Gasteiger partial charge in [-0.2, -0.15) is 11.3 Å². The van der Waals surface area contributed by atoms with Gasteiger partial charge in [-0.15, -0.1) is 0 Å². The number of esters is 1. The minimum absolute atomic E-state index is 0.290. The normalized spacial score (nSPS) is 16.6. The van der Waals surface area contributed by atoms with Gasteiger partial charge in [0.2, 0.25) is 0 Å². The maximum atomic E-state index is 11.8. The summed E-state index contributed by atoms with van der Waals surface area (Å²) in [5.41, 5.74) is 3.72. The highest BCUT2D eigenvalue weighted by Crippen LogP contribution is 2.27. The smallest absolute Gasteiger partial charge is 0.343 e. The summed E-state index contributed by atoms with van der Waals surface area (Å²) >= 11 is 1.61. The van der Waals surface area contributed by atoms with Crippen molar-refractivity contribution in [2.24, 2.45) is 0 Å². The van der Waals surface area contributed by atoms with E-state index in [2.05, 4.69) is 0 Å². The van der Waals surface area contributed by atoms with E-state index in [0.29, 0.717) is 11.3 Å². The Morgan fingerprint density at radius 1 is 1.16 bits per heavy atom. The van der Waals surface area contributed by atoms with E-state index >= 15 is 0 Å². The molecule has 0 unspecified atom stereocenters. The first-order valence-corrected chi connectivity index (χ1v) is 6.91. The van der Waals surface area contributed by atoms with E-state index in [4.69, 9.17) is 4.74 Å². The van der Waals surface area contributed by atoms with Gasteiger partial charge in [0, 0.05) is 5.56 Å². The number of ether oxygens (including phenoxy) is 1. The van der Waals surface area contributed by atoms with Gasteiger partial charge in [0.15, 0.2) is 0 Å². The third-order valence-electron chi connectivity index (χ3n) is 2.93. The van der Waals surface area contributed by atoms with Crippen LogP contribution in [0.15, 0.2) is 52.7 Å². The highest BCUT2D eigenvalue weighted by Gasteiger charge is 2.21. The van der Waals surface area contributed by atoms with Crippen molar-refractivity contribution in [3.05, 3.63) is 69.4 Å². The number of thiophene rings is 1. The monoisotopic (exact) mass is 268 g/mol. The van der Waals surface area contributed by atoms with Gasteiger partial charge in [0.25, 0.3) is 0 Å². The van der Waals surface area contributed by atoms with Crippen molar-refractivity contribution < 1.29 is 9.53 Å². The summed E-state index contributed by atoms with van der Waals surface area (Å²) in [6.07, 6.45) is 3.64. The zero-order valence-electron chi connectivity index (χ0n) is 10.4. The third kappa shape index (κ3) is 2.51. The maximum absolute atomic E-state index is 11.8. The third-order valence-corrected chi connectivity index (χ3v) is 3.63. The SMILES string of the molecule is Cc1ccc(C2=C/C(=C\c3ccsc3)C(=O)O2)cc1. The van der Waals surface area contributed by atoms with Gasteiger partial charge in [-0.1, -0.05) is 29.8 Å². The van der Waals surface area contributed by atoms with E-state index in [0.717, 1.165) is 11.1 Å². The average Bonchev–Trinajstić information content (AvgIpc) is 3.02. The molecule has 1 aromatic heterocycles. The van der Waals surface area contributed by atoms with Crippen LogP contribution in [-0.2, 0) is 9.53 Å².